The first-order chi connectivity index (χ1) is 16.7. The molecule has 0 saturated heterocycles. The summed E-state index contributed by atoms with van der Waals surface area (Å²) in [7, 11) is 1.52. The minimum atomic E-state index is -2.64. The average molecular weight is 510 g/mol. The van der Waals surface area contributed by atoms with Crippen LogP contribution in [-0.4, -0.2) is 46.3 Å². The molecule has 0 unspecified atom stereocenters. The molecular formula is C25H34ClF2N5O2. The predicted octanol–water partition coefficient (Wildman–Crippen LogP) is 5.78. The number of nitrogens with zero attached hydrogens (tertiary/aromatic N) is 3. The number of nitrogens with one attached hydrogen (secondary N) is 2. The van der Waals surface area contributed by atoms with E-state index >= 15 is 0 Å². The molecule has 4 rings (SSSR count). The van der Waals surface area contributed by atoms with Crippen molar-refractivity contribution in [3.63, 3.8) is 0 Å². The van der Waals surface area contributed by atoms with Gasteiger partial charge in [0.15, 0.2) is 5.69 Å². The SMILES string of the molecule is CCn1nc(C(=O)NCC2CCC(C)CC2)c(Cl)c1-c1cnc(N[C@@H]2CCC(F)(F)C2)cc1OC. The Kier molecular flexibility index (Phi) is 7.83. The summed E-state index contributed by atoms with van der Waals surface area (Å²) >= 11 is 6.69. The average Bonchev–Trinajstić information content (AvgIpc) is 3.36. The number of halogens is 3. The van der Waals surface area contributed by atoms with Gasteiger partial charge in [0.25, 0.3) is 5.91 Å². The molecule has 0 aliphatic heterocycles. The van der Waals surface area contributed by atoms with Crippen molar-refractivity contribution in [2.75, 3.05) is 19.0 Å². The second kappa shape index (κ2) is 10.7. The number of carbonyl (C=O) groups is 1. The van der Waals surface area contributed by atoms with E-state index < -0.39 is 5.92 Å². The summed E-state index contributed by atoms with van der Waals surface area (Å²) in [5.41, 5.74) is 1.29. The molecule has 2 heterocycles. The number of ether oxygens (including phenoxy) is 1. The second-order valence-corrected chi connectivity index (χ2v) is 10.3. The van der Waals surface area contributed by atoms with E-state index in [9.17, 15) is 13.6 Å². The van der Waals surface area contributed by atoms with Crippen LogP contribution in [0.5, 0.6) is 5.75 Å². The molecule has 2 aromatic rings. The molecule has 0 bridgehead atoms. The summed E-state index contributed by atoms with van der Waals surface area (Å²) in [6, 6.07) is 1.32. The van der Waals surface area contributed by atoms with E-state index in [1.807, 2.05) is 6.92 Å². The molecule has 2 fully saturated rings. The number of hydrogen-bond acceptors (Lipinski definition) is 5. The Hall–Kier alpha value is -2.42. The molecule has 0 spiro atoms. The summed E-state index contributed by atoms with van der Waals surface area (Å²) < 4.78 is 34.3. The van der Waals surface area contributed by atoms with Gasteiger partial charge in [0.1, 0.15) is 11.6 Å². The number of methoxy groups -OCH3 is 1. The van der Waals surface area contributed by atoms with Crippen LogP contribution in [0.2, 0.25) is 5.02 Å². The van der Waals surface area contributed by atoms with Crippen LogP contribution in [0.25, 0.3) is 11.3 Å². The molecule has 1 atom stereocenters. The maximum atomic E-state index is 13.6. The molecule has 0 aromatic carbocycles. The highest BCUT2D eigenvalue weighted by Gasteiger charge is 2.39. The molecule has 2 aromatic heterocycles. The lowest BCUT2D eigenvalue weighted by molar-refractivity contribution is 0.00851. The molecular weight excluding hydrogens is 476 g/mol. The van der Waals surface area contributed by atoms with Gasteiger partial charge >= 0.3 is 0 Å². The van der Waals surface area contributed by atoms with E-state index in [1.54, 1.807) is 16.9 Å². The Bertz CT molecular complexity index is 1050. The van der Waals surface area contributed by atoms with Gasteiger partial charge in [-0.25, -0.2) is 13.8 Å². The van der Waals surface area contributed by atoms with Gasteiger partial charge in [-0.15, -0.1) is 0 Å². The number of carbonyl (C=O) groups excluding carboxylic acids is 1. The third kappa shape index (κ3) is 5.88. The molecule has 7 nitrogen and oxygen atoms in total. The minimum Gasteiger partial charge on any atom is -0.496 e. The first kappa shape index (κ1) is 25.7. The number of hydrogen-bond donors (Lipinski definition) is 2. The van der Waals surface area contributed by atoms with Crippen LogP contribution < -0.4 is 15.4 Å². The molecule has 10 heteroatoms. The lowest BCUT2D eigenvalue weighted by Crippen LogP contribution is -2.31. The van der Waals surface area contributed by atoms with Crippen LogP contribution >= 0.6 is 11.6 Å². The van der Waals surface area contributed by atoms with Crippen LogP contribution in [0.4, 0.5) is 14.6 Å². The van der Waals surface area contributed by atoms with E-state index in [0.717, 1.165) is 18.8 Å². The fraction of sp³-hybridized carbons (Fsp3) is 0.640. The Labute approximate surface area is 210 Å². The maximum absolute atomic E-state index is 13.6. The fourth-order valence-electron chi connectivity index (χ4n) is 5.07. The van der Waals surface area contributed by atoms with Crippen molar-refractivity contribution < 1.29 is 18.3 Å². The number of aromatic nitrogens is 3. The third-order valence-corrected chi connectivity index (χ3v) is 7.55. The Balaban J connectivity index is 1.52. The van der Waals surface area contributed by atoms with E-state index in [-0.39, 0.29) is 35.5 Å². The van der Waals surface area contributed by atoms with Crippen LogP contribution in [0, 0.1) is 11.8 Å². The van der Waals surface area contributed by atoms with Crippen LogP contribution in [0.3, 0.4) is 0 Å². The van der Waals surface area contributed by atoms with Crippen molar-refractivity contribution in [1.82, 2.24) is 20.1 Å². The summed E-state index contributed by atoms with van der Waals surface area (Å²) in [6.45, 7) is 5.28. The highest BCUT2D eigenvalue weighted by atomic mass is 35.5. The van der Waals surface area contributed by atoms with Gasteiger partial charge in [0.2, 0.25) is 5.92 Å². The van der Waals surface area contributed by atoms with Gasteiger partial charge in [-0.05, 0) is 38.0 Å². The smallest absolute Gasteiger partial charge is 0.273 e. The minimum absolute atomic E-state index is 0.129. The molecule has 1 amide bonds. The zero-order valence-electron chi connectivity index (χ0n) is 20.5. The second-order valence-electron chi connectivity index (χ2n) is 9.87. The number of amides is 1. The molecule has 35 heavy (non-hydrogen) atoms. The van der Waals surface area contributed by atoms with Crippen molar-refractivity contribution in [3.8, 4) is 17.0 Å². The molecule has 2 aliphatic carbocycles. The highest BCUT2D eigenvalue weighted by molar-refractivity contribution is 6.36. The van der Waals surface area contributed by atoms with Gasteiger partial charge < -0.3 is 15.4 Å². The van der Waals surface area contributed by atoms with E-state index in [0.29, 0.717) is 48.3 Å². The van der Waals surface area contributed by atoms with Crippen molar-refractivity contribution >= 4 is 23.3 Å². The van der Waals surface area contributed by atoms with Crippen molar-refractivity contribution in [1.29, 1.82) is 0 Å². The topological polar surface area (TPSA) is 81.1 Å². The largest absolute Gasteiger partial charge is 0.496 e. The molecule has 2 N–H and O–H groups in total. The molecule has 2 aliphatic rings. The van der Waals surface area contributed by atoms with E-state index in [4.69, 9.17) is 16.3 Å². The summed E-state index contributed by atoms with van der Waals surface area (Å²) in [5.74, 6) is -0.794. The van der Waals surface area contributed by atoms with Crippen molar-refractivity contribution in [2.45, 2.75) is 77.3 Å². The predicted molar refractivity (Wildman–Crippen MR) is 132 cm³/mol. The van der Waals surface area contributed by atoms with E-state index in [1.165, 1.54) is 20.0 Å². The Morgan fingerprint density at radius 3 is 2.66 bits per heavy atom. The first-order valence-electron chi connectivity index (χ1n) is 12.4. The van der Waals surface area contributed by atoms with Crippen LogP contribution in [-0.2, 0) is 6.54 Å². The molecule has 0 radical (unpaired) electrons. The zero-order valence-corrected chi connectivity index (χ0v) is 21.3. The number of rotatable bonds is 8. The number of alkyl halides is 2. The van der Waals surface area contributed by atoms with Gasteiger partial charge in [0.05, 0.1) is 23.4 Å². The van der Waals surface area contributed by atoms with Gasteiger partial charge in [-0.1, -0.05) is 31.4 Å². The number of anilines is 1. The fourth-order valence-corrected chi connectivity index (χ4v) is 5.39. The van der Waals surface area contributed by atoms with Crippen molar-refractivity contribution in [3.05, 3.63) is 23.0 Å². The summed E-state index contributed by atoms with van der Waals surface area (Å²) in [4.78, 5) is 17.4. The monoisotopic (exact) mass is 509 g/mol. The summed E-state index contributed by atoms with van der Waals surface area (Å²) in [6.07, 6.45) is 6.23. The van der Waals surface area contributed by atoms with Gasteiger partial charge in [-0.3, -0.25) is 9.48 Å². The zero-order chi connectivity index (χ0) is 25.2. The van der Waals surface area contributed by atoms with Gasteiger partial charge in [-0.2, -0.15) is 5.10 Å². The Morgan fingerprint density at radius 2 is 2.03 bits per heavy atom. The number of pyridine rings is 1. The standard InChI is InChI=1S/C25H34ClF2N5O2/c1-4-33-23(21(26)22(32-33)24(34)30-13-16-7-5-15(2)6-8-16)18-14-29-20(11-19(18)35-3)31-17-9-10-25(27,28)12-17/h11,14-17H,4-10,12-13H2,1-3H3,(H,29,31)(H,30,34)/t15?,16?,17-/m1/s1. The summed E-state index contributed by atoms with van der Waals surface area (Å²) in [5, 5.41) is 10.8. The first-order valence-corrected chi connectivity index (χ1v) is 12.8. The van der Waals surface area contributed by atoms with Crippen LogP contribution in [0.1, 0.15) is 69.3 Å². The highest BCUT2D eigenvalue weighted by Crippen LogP contribution is 2.39. The van der Waals surface area contributed by atoms with E-state index in [2.05, 4.69) is 27.6 Å². The lowest BCUT2D eigenvalue weighted by atomic mass is 9.83. The van der Waals surface area contributed by atoms with Crippen LogP contribution in [0.15, 0.2) is 12.3 Å². The quantitative estimate of drug-likeness (QED) is 0.471. The Morgan fingerprint density at radius 1 is 1.29 bits per heavy atom. The normalized spacial score (nSPS) is 23.8. The lowest BCUT2D eigenvalue weighted by Gasteiger charge is -2.26. The molecule has 2 saturated carbocycles. The van der Waals surface area contributed by atoms with Crippen molar-refractivity contribution in [2.24, 2.45) is 11.8 Å². The molecule has 192 valence electrons. The number of aryl methyl sites for hydroxylation is 1. The van der Waals surface area contributed by atoms with Gasteiger partial charge in [0, 0.05) is 44.2 Å². The maximum Gasteiger partial charge on any atom is 0.273 e. The third-order valence-electron chi connectivity index (χ3n) is 7.19.